The van der Waals surface area contributed by atoms with Crippen molar-refractivity contribution in [2.75, 3.05) is 7.11 Å². The van der Waals surface area contributed by atoms with Gasteiger partial charge in [-0.2, -0.15) is 0 Å². The van der Waals surface area contributed by atoms with Gasteiger partial charge in [0.05, 0.1) is 7.11 Å². The second-order valence-corrected chi connectivity index (χ2v) is 5.55. The highest BCUT2D eigenvalue weighted by Crippen LogP contribution is 2.18. The van der Waals surface area contributed by atoms with Crippen molar-refractivity contribution in [3.05, 3.63) is 89.7 Å². The van der Waals surface area contributed by atoms with Crippen molar-refractivity contribution in [3.63, 3.8) is 0 Å². The van der Waals surface area contributed by atoms with Crippen LogP contribution in [-0.2, 0) is 16.0 Å². The van der Waals surface area contributed by atoms with Crippen molar-refractivity contribution in [2.24, 2.45) is 0 Å². The SMILES string of the molecule is CC=C=CC(Cc1ccccc1)(NC(=O)c1ccccc1)C(=O)OC. The number of benzene rings is 2. The molecule has 1 amide bonds. The summed E-state index contributed by atoms with van der Waals surface area (Å²) in [6, 6.07) is 18.2. The van der Waals surface area contributed by atoms with Gasteiger partial charge in [0.15, 0.2) is 5.54 Å². The van der Waals surface area contributed by atoms with Crippen LogP contribution in [0.5, 0.6) is 0 Å². The summed E-state index contributed by atoms with van der Waals surface area (Å²) in [5.74, 6) is -0.897. The fourth-order valence-electron chi connectivity index (χ4n) is 2.50. The number of amides is 1. The molecule has 0 saturated heterocycles. The lowest BCUT2D eigenvalue weighted by Crippen LogP contribution is -2.55. The number of carbonyl (C=O) groups excluding carboxylic acids is 2. The van der Waals surface area contributed by atoms with Gasteiger partial charge in [-0.15, -0.1) is 5.73 Å². The number of esters is 1. The zero-order valence-corrected chi connectivity index (χ0v) is 14.4. The largest absolute Gasteiger partial charge is 0.467 e. The lowest BCUT2D eigenvalue weighted by molar-refractivity contribution is -0.146. The van der Waals surface area contributed by atoms with E-state index in [1.165, 1.54) is 7.11 Å². The summed E-state index contributed by atoms with van der Waals surface area (Å²) in [6.45, 7) is 1.79. The zero-order chi connectivity index (χ0) is 18.1. The molecule has 0 aromatic heterocycles. The highest BCUT2D eigenvalue weighted by molar-refractivity contribution is 5.99. The monoisotopic (exact) mass is 335 g/mol. The number of hydrogen-bond acceptors (Lipinski definition) is 3. The molecule has 0 aliphatic rings. The average molecular weight is 335 g/mol. The van der Waals surface area contributed by atoms with Crippen LogP contribution in [0.4, 0.5) is 0 Å². The van der Waals surface area contributed by atoms with Crippen molar-refractivity contribution in [2.45, 2.75) is 18.9 Å². The Morgan fingerprint density at radius 3 is 2.24 bits per heavy atom. The van der Waals surface area contributed by atoms with Crippen LogP contribution in [0.3, 0.4) is 0 Å². The van der Waals surface area contributed by atoms with Crippen LogP contribution in [0.15, 0.2) is 78.5 Å². The first-order valence-corrected chi connectivity index (χ1v) is 7.99. The van der Waals surface area contributed by atoms with E-state index in [-0.39, 0.29) is 12.3 Å². The number of methoxy groups -OCH3 is 1. The fourth-order valence-corrected chi connectivity index (χ4v) is 2.50. The maximum atomic E-state index is 12.7. The Morgan fingerprint density at radius 2 is 1.68 bits per heavy atom. The van der Waals surface area contributed by atoms with Crippen molar-refractivity contribution in [1.82, 2.24) is 5.32 Å². The molecular weight excluding hydrogens is 314 g/mol. The van der Waals surface area contributed by atoms with E-state index in [9.17, 15) is 9.59 Å². The van der Waals surface area contributed by atoms with Crippen LogP contribution in [0.1, 0.15) is 22.8 Å². The van der Waals surface area contributed by atoms with Crippen LogP contribution in [-0.4, -0.2) is 24.5 Å². The van der Waals surface area contributed by atoms with Crippen molar-refractivity contribution in [1.29, 1.82) is 0 Å². The second kappa shape index (κ2) is 8.67. The highest BCUT2D eigenvalue weighted by Gasteiger charge is 2.39. The van der Waals surface area contributed by atoms with Crippen LogP contribution in [0.25, 0.3) is 0 Å². The molecular formula is C21H21NO3. The molecule has 1 unspecified atom stereocenters. The third-order valence-electron chi connectivity index (χ3n) is 3.74. The second-order valence-electron chi connectivity index (χ2n) is 5.55. The topological polar surface area (TPSA) is 55.4 Å². The van der Waals surface area contributed by atoms with E-state index < -0.39 is 11.5 Å². The minimum atomic E-state index is -1.34. The van der Waals surface area contributed by atoms with E-state index in [2.05, 4.69) is 11.0 Å². The number of rotatable bonds is 6. The van der Waals surface area contributed by atoms with Crippen LogP contribution < -0.4 is 5.32 Å². The van der Waals surface area contributed by atoms with Gasteiger partial charge in [0.2, 0.25) is 0 Å². The molecule has 25 heavy (non-hydrogen) atoms. The molecule has 0 aliphatic heterocycles. The lowest BCUT2D eigenvalue weighted by Gasteiger charge is -2.28. The standard InChI is InChI=1S/C21H21NO3/c1-3-4-15-21(20(24)25-2,16-17-11-7-5-8-12-17)22-19(23)18-13-9-6-10-14-18/h3,5-15H,16H2,1-2H3,(H,22,23). The molecule has 0 heterocycles. The lowest BCUT2D eigenvalue weighted by atomic mass is 9.90. The number of carbonyl (C=O) groups is 2. The molecule has 2 rings (SSSR count). The average Bonchev–Trinajstić information content (AvgIpc) is 2.66. The van der Waals surface area contributed by atoms with E-state index in [0.717, 1.165) is 5.56 Å². The van der Waals surface area contributed by atoms with E-state index in [1.807, 2.05) is 36.4 Å². The predicted molar refractivity (Wildman–Crippen MR) is 97.1 cm³/mol. The Labute approximate surface area is 147 Å². The third-order valence-corrected chi connectivity index (χ3v) is 3.74. The molecule has 0 spiro atoms. The summed E-state index contributed by atoms with van der Waals surface area (Å²) in [7, 11) is 1.31. The minimum absolute atomic E-state index is 0.264. The molecule has 1 N–H and O–H groups in total. The molecule has 4 heteroatoms. The molecule has 128 valence electrons. The molecule has 0 bridgehead atoms. The summed E-state index contributed by atoms with van der Waals surface area (Å²) in [4.78, 5) is 25.2. The molecule has 4 nitrogen and oxygen atoms in total. The zero-order valence-electron chi connectivity index (χ0n) is 14.4. The summed E-state index contributed by atoms with van der Waals surface area (Å²) in [5, 5.41) is 2.83. The molecule has 0 fully saturated rings. The quantitative estimate of drug-likeness (QED) is 0.651. The van der Waals surface area contributed by atoms with Crippen molar-refractivity contribution < 1.29 is 14.3 Å². The van der Waals surface area contributed by atoms with Gasteiger partial charge in [-0.25, -0.2) is 4.79 Å². The first-order valence-electron chi connectivity index (χ1n) is 7.99. The first-order chi connectivity index (χ1) is 12.1. The van der Waals surface area contributed by atoms with Crippen LogP contribution >= 0.6 is 0 Å². The van der Waals surface area contributed by atoms with E-state index in [0.29, 0.717) is 5.56 Å². The molecule has 0 radical (unpaired) electrons. The van der Waals surface area contributed by atoms with Gasteiger partial charge in [-0.3, -0.25) is 4.79 Å². The summed E-state index contributed by atoms with van der Waals surface area (Å²) in [5.41, 5.74) is 2.95. The molecule has 1 atom stereocenters. The van der Waals surface area contributed by atoms with Gasteiger partial charge in [0.25, 0.3) is 5.91 Å². The van der Waals surface area contributed by atoms with Gasteiger partial charge in [-0.05, 0) is 36.8 Å². The fraction of sp³-hybridized carbons (Fsp3) is 0.190. The van der Waals surface area contributed by atoms with Gasteiger partial charge < -0.3 is 10.1 Å². The van der Waals surface area contributed by atoms with E-state index >= 15 is 0 Å². The minimum Gasteiger partial charge on any atom is -0.467 e. The predicted octanol–water partition coefficient (Wildman–Crippen LogP) is 3.30. The molecule has 2 aromatic rings. The van der Waals surface area contributed by atoms with Crippen molar-refractivity contribution >= 4 is 11.9 Å². The summed E-state index contributed by atoms with van der Waals surface area (Å²) < 4.78 is 4.98. The van der Waals surface area contributed by atoms with Gasteiger partial charge in [0.1, 0.15) is 0 Å². The maximum Gasteiger partial charge on any atom is 0.336 e. The Bertz CT molecular complexity index is 773. The summed E-state index contributed by atoms with van der Waals surface area (Å²) in [6.07, 6.45) is 3.49. The Balaban J connectivity index is 2.43. The molecule has 2 aromatic carbocycles. The van der Waals surface area contributed by atoms with E-state index in [1.54, 1.807) is 43.3 Å². The van der Waals surface area contributed by atoms with Gasteiger partial charge in [0, 0.05) is 12.0 Å². The highest BCUT2D eigenvalue weighted by atomic mass is 16.5. The maximum absolute atomic E-state index is 12.7. The first kappa shape index (κ1) is 18.2. The van der Waals surface area contributed by atoms with Gasteiger partial charge in [-0.1, -0.05) is 48.5 Å². The Kier molecular flexibility index (Phi) is 6.33. The summed E-state index contributed by atoms with van der Waals surface area (Å²) >= 11 is 0. The van der Waals surface area contributed by atoms with Gasteiger partial charge >= 0.3 is 5.97 Å². The molecule has 0 saturated carbocycles. The molecule has 0 aliphatic carbocycles. The van der Waals surface area contributed by atoms with Crippen LogP contribution in [0, 0.1) is 0 Å². The normalized spacial score (nSPS) is 12.2. The third kappa shape index (κ3) is 4.69. The van der Waals surface area contributed by atoms with Crippen molar-refractivity contribution in [3.8, 4) is 0 Å². The Morgan fingerprint density at radius 1 is 1.08 bits per heavy atom. The number of ether oxygens (including phenoxy) is 1. The smallest absolute Gasteiger partial charge is 0.336 e. The number of nitrogens with one attached hydrogen (secondary N) is 1. The van der Waals surface area contributed by atoms with Crippen LogP contribution in [0.2, 0.25) is 0 Å². The number of hydrogen-bond donors (Lipinski definition) is 1. The Hall–Kier alpha value is -3.10. The van der Waals surface area contributed by atoms with E-state index in [4.69, 9.17) is 4.74 Å².